The lowest BCUT2D eigenvalue weighted by atomic mass is 10.4. The molecule has 0 radical (unpaired) electrons. The number of carbonyl (C=O) groups is 1. The topological polar surface area (TPSA) is 41.8 Å². The zero-order valence-electron chi connectivity index (χ0n) is 4.21. The van der Waals surface area contributed by atoms with E-state index in [-0.39, 0.29) is 10.9 Å². The quantitative estimate of drug-likeness (QED) is 0.397. The molecule has 0 amide bonds. The molecule has 0 aromatic rings. The monoisotopic (exact) mass is 164 g/mol. The van der Waals surface area contributed by atoms with Crippen molar-refractivity contribution in [3.05, 3.63) is 11.2 Å². The normalized spacial score (nSPS) is 26.2. The van der Waals surface area contributed by atoms with Crippen molar-refractivity contribution < 1.29 is 4.79 Å². The van der Waals surface area contributed by atoms with E-state index in [1.165, 1.54) is 0 Å². The van der Waals surface area contributed by atoms with Crippen molar-refractivity contribution in [1.29, 1.82) is 0 Å². The van der Waals surface area contributed by atoms with E-state index in [4.69, 9.17) is 23.2 Å². The van der Waals surface area contributed by atoms with Crippen LogP contribution < -0.4 is 0 Å². The van der Waals surface area contributed by atoms with E-state index < -0.39 is 5.50 Å². The number of ketones is 1. The number of hydrogen-bond donors (Lipinski definition) is 0. The molecular formula is C4H2Cl2N2O. The maximum Gasteiger partial charge on any atom is 0.206 e. The number of rotatable bonds is 0. The molecule has 9 heavy (non-hydrogen) atoms. The van der Waals surface area contributed by atoms with Crippen molar-refractivity contribution in [2.75, 3.05) is 0 Å². The van der Waals surface area contributed by atoms with Crippen LogP contribution in [0.3, 0.4) is 0 Å². The van der Waals surface area contributed by atoms with E-state index in [1.54, 1.807) is 0 Å². The number of halogens is 2. The van der Waals surface area contributed by atoms with Gasteiger partial charge in [-0.1, -0.05) is 23.2 Å². The summed E-state index contributed by atoms with van der Waals surface area (Å²) in [7, 11) is 0. The van der Waals surface area contributed by atoms with Crippen LogP contribution in [0.1, 0.15) is 0 Å². The highest BCUT2D eigenvalue weighted by atomic mass is 35.5. The Hall–Kier alpha value is -0.410. The Labute approximate surface area is 61.4 Å². The van der Waals surface area contributed by atoms with Crippen molar-refractivity contribution in [2.45, 2.75) is 5.50 Å². The van der Waals surface area contributed by atoms with Gasteiger partial charge in [-0.2, -0.15) is 5.11 Å². The molecule has 0 aromatic heterocycles. The van der Waals surface area contributed by atoms with Crippen LogP contribution in [-0.2, 0) is 4.79 Å². The van der Waals surface area contributed by atoms with Gasteiger partial charge in [0, 0.05) is 6.08 Å². The van der Waals surface area contributed by atoms with Crippen molar-refractivity contribution in [1.82, 2.24) is 0 Å². The van der Waals surface area contributed by atoms with Crippen molar-refractivity contribution in [3.8, 4) is 0 Å². The van der Waals surface area contributed by atoms with Crippen molar-refractivity contribution in [2.24, 2.45) is 10.2 Å². The van der Waals surface area contributed by atoms with E-state index in [2.05, 4.69) is 10.2 Å². The van der Waals surface area contributed by atoms with Gasteiger partial charge in [-0.3, -0.25) is 4.79 Å². The molecule has 3 nitrogen and oxygen atoms in total. The van der Waals surface area contributed by atoms with Gasteiger partial charge in [0.05, 0.1) is 0 Å². The average molecular weight is 165 g/mol. The van der Waals surface area contributed by atoms with Gasteiger partial charge in [-0.05, 0) is 0 Å². The summed E-state index contributed by atoms with van der Waals surface area (Å²) in [6.45, 7) is 0. The Balaban J connectivity index is 2.82. The van der Waals surface area contributed by atoms with Crippen LogP contribution in [0, 0.1) is 0 Å². The van der Waals surface area contributed by atoms with Crippen molar-refractivity contribution >= 4 is 29.0 Å². The van der Waals surface area contributed by atoms with E-state index in [0.717, 1.165) is 6.08 Å². The fourth-order valence-corrected chi connectivity index (χ4v) is 0.636. The molecule has 0 aliphatic carbocycles. The van der Waals surface area contributed by atoms with Crippen LogP contribution in [0.25, 0.3) is 0 Å². The van der Waals surface area contributed by atoms with E-state index in [0.29, 0.717) is 0 Å². The highest BCUT2D eigenvalue weighted by Gasteiger charge is 2.15. The predicted octanol–water partition coefficient (Wildman–Crippen LogP) is 1.67. The lowest BCUT2D eigenvalue weighted by Crippen LogP contribution is -2.10. The Morgan fingerprint density at radius 3 is 2.78 bits per heavy atom. The second-order valence-electron chi connectivity index (χ2n) is 1.42. The third kappa shape index (κ3) is 1.50. The molecule has 1 aliphatic rings. The summed E-state index contributed by atoms with van der Waals surface area (Å²) in [5.74, 6) is -0.323. The summed E-state index contributed by atoms with van der Waals surface area (Å²) in [6, 6.07) is 0. The molecule has 0 bridgehead atoms. The summed E-state index contributed by atoms with van der Waals surface area (Å²) in [5.41, 5.74) is -0.882. The molecule has 1 rings (SSSR count). The Morgan fingerprint density at radius 2 is 2.33 bits per heavy atom. The van der Waals surface area contributed by atoms with Crippen LogP contribution in [-0.4, -0.2) is 11.3 Å². The molecule has 1 atom stereocenters. The fraction of sp³-hybridized carbons (Fsp3) is 0.250. The molecule has 0 fully saturated rings. The lowest BCUT2D eigenvalue weighted by molar-refractivity contribution is -0.114. The number of carbonyl (C=O) groups excluding carboxylic acids is 1. The predicted molar refractivity (Wildman–Crippen MR) is 33.4 cm³/mol. The first-order valence-corrected chi connectivity index (χ1v) is 2.97. The minimum Gasteiger partial charge on any atom is -0.291 e. The molecule has 0 saturated heterocycles. The van der Waals surface area contributed by atoms with Gasteiger partial charge in [0.2, 0.25) is 5.50 Å². The highest BCUT2D eigenvalue weighted by Crippen LogP contribution is 2.14. The summed E-state index contributed by atoms with van der Waals surface area (Å²) in [4.78, 5) is 10.6. The third-order valence-electron chi connectivity index (χ3n) is 0.751. The smallest absolute Gasteiger partial charge is 0.206 e. The Morgan fingerprint density at radius 1 is 1.67 bits per heavy atom. The molecule has 5 heteroatoms. The van der Waals surface area contributed by atoms with E-state index in [9.17, 15) is 4.79 Å². The van der Waals surface area contributed by atoms with E-state index >= 15 is 0 Å². The standard InChI is InChI=1S/C4H2Cl2N2O/c5-3-1-2(9)4(6)8-7-3/h1,4H. The van der Waals surface area contributed by atoms with E-state index in [1.807, 2.05) is 0 Å². The van der Waals surface area contributed by atoms with Gasteiger partial charge in [0.1, 0.15) is 0 Å². The first-order valence-electron chi connectivity index (χ1n) is 2.16. The van der Waals surface area contributed by atoms with Gasteiger partial charge < -0.3 is 0 Å². The van der Waals surface area contributed by atoms with Crippen LogP contribution in [0.15, 0.2) is 21.5 Å². The molecule has 0 N–H and O–H groups in total. The summed E-state index contributed by atoms with van der Waals surface area (Å²) in [6.07, 6.45) is 1.15. The highest BCUT2D eigenvalue weighted by molar-refractivity contribution is 6.36. The average Bonchev–Trinajstić information content (AvgIpc) is 1.80. The fourth-order valence-electron chi connectivity index (χ4n) is 0.378. The van der Waals surface area contributed by atoms with Gasteiger partial charge >= 0.3 is 0 Å². The molecule has 1 heterocycles. The largest absolute Gasteiger partial charge is 0.291 e. The Bertz CT molecular complexity index is 199. The summed E-state index contributed by atoms with van der Waals surface area (Å²) >= 11 is 10.6. The minimum atomic E-state index is -0.882. The van der Waals surface area contributed by atoms with Gasteiger partial charge in [-0.15, -0.1) is 5.11 Å². The number of azo groups is 1. The molecular weight excluding hydrogens is 163 g/mol. The third-order valence-corrected chi connectivity index (χ3v) is 1.24. The number of hydrogen-bond acceptors (Lipinski definition) is 3. The number of nitrogens with zero attached hydrogens (tertiary/aromatic N) is 2. The first-order chi connectivity index (χ1) is 4.20. The van der Waals surface area contributed by atoms with Crippen LogP contribution >= 0.6 is 23.2 Å². The SMILES string of the molecule is O=C1C=C(Cl)N=NC1Cl. The molecule has 1 aliphatic heterocycles. The zero-order chi connectivity index (χ0) is 6.85. The minimum absolute atomic E-state index is 0.0805. The van der Waals surface area contributed by atoms with Gasteiger partial charge in [0.25, 0.3) is 0 Å². The second kappa shape index (κ2) is 2.45. The van der Waals surface area contributed by atoms with Gasteiger partial charge in [0.15, 0.2) is 10.9 Å². The van der Waals surface area contributed by atoms with Crippen LogP contribution in [0.4, 0.5) is 0 Å². The second-order valence-corrected chi connectivity index (χ2v) is 2.22. The lowest BCUT2D eigenvalue weighted by Gasteiger charge is -2.00. The molecule has 1 unspecified atom stereocenters. The summed E-state index contributed by atoms with van der Waals surface area (Å²) in [5, 5.41) is 6.77. The van der Waals surface area contributed by atoms with Crippen molar-refractivity contribution in [3.63, 3.8) is 0 Å². The molecule has 0 saturated carbocycles. The Kier molecular flexibility index (Phi) is 1.83. The van der Waals surface area contributed by atoms with Crippen LogP contribution in [0.5, 0.6) is 0 Å². The first kappa shape index (κ1) is 6.71. The molecule has 0 aromatic carbocycles. The molecule has 48 valence electrons. The zero-order valence-corrected chi connectivity index (χ0v) is 5.73. The maximum absolute atomic E-state index is 10.6. The molecule has 0 spiro atoms. The number of alkyl halides is 1. The van der Waals surface area contributed by atoms with Gasteiger partial charge in [-0.25, -0.2) is 0 Å². The summed E-state index contributed by atoms with van der Waals surface area (Å²) < 4.78 is 0. The maximum atomic E-state index is 10.6. The van der Waals surface area contributed by atoms with Crippen LogP contribution in [0.2, 0.25) is 0 Å².